The Morgan fingerprint density at radius 3 is 1.30 bits per heavy atom. The van der Waals surface area contributed by atoms with Crippen molar-refractivity contribution in [2.24, 2.45) is 0 Å². The lowest BCUT2D eigenvalue weighted by Gasteiger charge is -2.19. The van der Waals surface area contributed by atoms with Crippen LogP contribution < -0.4 is 0 Å². The molecule has 204 valence electrons. The van der Waals surface area contributed by atoms with E-state index in [9.17, 15) is 0 Å². The topological polar surface area (TPSA) is 26.3 Å². The van der Waals surface area contributed by atoms with E-state index in [0.717, 1.165) is 54.8 Å². The summed E-state index contributed by atoms with van der Waals surface area (Å²) in [5, 5.41) is 11.7. The predicted octanol–water partition coefficient (Wildman–Crippen LogP) is 12.3. The smallest absolute Gasteiger partial charge is 0.143 e. The van der Waals surface area contributed by atoms with Crippen LogP contribution in [0.1, 0.15) is 0 Å². The van der Waals surface area contributed by atoms with Crippen molar-refractivity contribution in [2.45, 2.75) is 0 Å². The molecule has 0 atom stereocenters. The van der Waals surface area contributed by atoms with E-state index in [0.29, 0.717) is 0 Å². The minimum absolute atomic E-state index is 0.910. The summed E-state index contributed by atoms with van der Waals surface area (Å²) in [6, 6.07) is 51.8. The molecule has 0 bridgehead atoms. The van der Waals surface area contributed by atoms with Crippen LogP contribution in [0, 0.1) is 0 Å². The summed E-state index contributed by atoms with van der Waals surface area (Å²) < 4.78 is 13.0. The third kappa shape index (κ3) is 3.14. The van der Waals surface area contributed by atoms with Crippen LogP contribution in [0.15, 0.2) is 154 Å². The highest BCUT2D eigenvalue weighted by Gasteiger charge is 2.22. The molecule has 0 amide bonds. The summed E-state index contributed by atoms with van der Waals surface area (Å²) in [4.78, 5) is 0. The van der Waals surface area contributed by atoms with Crippen molar-refractivity contribution >= 4 is 76.2 Å². The van der Waals surface area contributed by atoms with Gasteiger partial charge in [-0.2, -0.15) is 0 Å². The molecule has 0 radical (unpaired) electrons. The van der Waals surface area contributed by atoms with Gasteiger partial charge in [0.2, 0.25) is 0 Å². The van der Waals surface area contributed by atoms with Crippen LogP contribution in [-0.2, 0) is 0 Å². The van der Waals surface area contributed by atoms with Crippen LogP contribution >= 0.6 is 0 Å². The molecule has 0 aliphatic carbocycles. The lowest BCUT2D eigenvalue weighted by Crippen LogP contribution is -1.92. The molecule has 0 saturated heterocycles. The van der Waals surface area contributed by atoms with Crippen molar-refractivity contribution < 1.29 is 8.83 Å². The maximum absolute atomic E-state index is 6.58. The monoisotopic (exact) mass is 560 g/mol. The first-order valence-corrected chi connectivity index (χ1v) is 15.0. The van der Waals surface area contributed by atoms with Gasteiger partial charge in [-0.25, -0.2) is 0 Å². The van der Waals surface area contributed by atoms with E-state index in [4.69, 9.17) is 8.83 Å². The Balaban J connectivity index is 1.39. The first-order chi connectivity index (χ1) is 21.8. The van der Waals surface area contributed by atoms with Crippen LogP contribution in [0.3, 0.4) is 0 Å². The van der Waals surface area contributed by atoms with Gasteiger partial charge in [0.15, 0.2) is 0 Å². The van der Waals surface area contributed by atoms with E-state index in [2.05, 4.69) is 133 Å². The Morgan fingerprint density at radius 2 is 0.682 bits per heavy atom. The molecular weight excluding hydrogens is 536 g/mol. The number of hydrogen-bond acceptors (Lipinski definition) is 2. The Bertz CT molecular complexity index is 2720. The molecule has 10 rings (SSSR count). The molecule has 0 fully saturated rings. The van der Waals surface area contributed by atoms with Gasteiger partial charge in [0.1, 0.15) is 22.3 Å². The fraction of sp³-hybridized carbons (Fsp3) is 0. The van der Waals surface area contributed by atoms with Crippen molar-refractivity contribution in [3.8, 4) is 22.3 Å². The minimum atomic E-state index is 0.910. The van der Waals surface area contributed by atoms with Crippen molar-refractivity contribution in [3.63, 3.8) is 0 Å². The molecule has 2 aromatic heterocycles. The van der Waals surface area contributed by atoms with E-state index in [1.54, 1.807) is 0 Å². The summed E-state index contributed by atoms with van der Waals surface area (Å²) in [6.45, 7) is 0. The molecule has 0 aliphatic rings. The van der Waals surface area contributed by atoms with Gasteiger partial charge in [-0.15, -0.1) is 0 Å². The molecule has 0 aliphatic heterocycles. The average molecular weight is 561 g/mol. The van der Waals surface area contributed by atoms with Gasteiger partial charge in [0, 0.05) is 38.1 Å². The van der Waals surface area contributed by atoms with Gasteiger partial charge in [0.05, 0.1) is 0 Å². The van der Waals surface area contributed by atoms with E-state index < -0.39 is 0 Å². The van der Waals surface area contributed by atoms with Crippen molar-refractivity contribution in [1.29, 1.82) is 0 Å². The maximum atomic E-state index is 6.58. The largest absolute Gasteiger partial charge is 0.455 e. The molecule has 0 spiro atoms. The summed E-state index contributed by atoms with van der Waals surface area (Å²) in [5.41, 5.74) is 8.44. The molecule has 2 heteroatoms. The summed E-state index contributed by atoms with van der Waals surface area (Å²) in [7, 11) is 0. The lowest BCUT2D eigenvalue weighted by atomic mass is 9.84. The second-order valence-corrected chi connectivity index (χ2v) is 11.6. The Labute approximate surface area is 252 Å². The minimum Gasteiger partial charge on any atom is -0.455 e. The summed E-state index contributed by atoms with van der Waals surface area (Å²) in [6.07, 6.45) is 0. The number of furan rings is 2. The highest BCUT2D eigenvalue weighted by molar-refractivity contribution is 6.28. The highest BCUT2D eigenvalue weighted by atomic mass is 16.3. The second kappa shape index (κ2) is 8.82. The van der Waals surface area contributed by atoms with Gasteiger partial charge in [0.25, 0.3) is 0 Å². The highest BCUT2D eigenvalue weighted by Crippen LogP contribution is 2.49. The molecule has 10 aromatic rings. The van der Waals surface area contributed by atoms with Crippen LogP contribution in [0.2, 0.25) is 0 Å². The zero-order chi connectivity index (χ0) is 28.8. The van der Waals surface area contributed by atoms with Gasteiger partial charge in [-0.05, 0) is 56.3 Å². The van der Waals surface area contributed by atoms with E-state index >= 15 is 0 Å². The first kappa shape index (κ1) is 23.7. The van der Waals surface area contributed by atoms with Crippen molar-refractivity contribution in [1.82, 2.24) is 0 Å². The number of rotatable bonds is 2. The molecule has 0 unspecified atom stereocenters. The lowest BCUT2D eigenvalue weighted by molar-refractivity contribution is 0.670. The molecule has 0 N–H and O–H groups in total. The summed E-state index contributed by atoms with van der Waals surface area (Å²) in [5.74, 6) is 0. The van der Waals surface area contributed by atoms with Crippen LogP contribution in [0.4, 0.5) is 0 Å². The van der Waals surface area contributed by atoms with Gasteiger partial charge in [-0.1, -0.05) is 127 Å². The van der Waals surface area contributed by atoms with Crippen LogP contribution in [0.5, 0.6) is 0 Å². The standard InChI is InChI=1S/C42H24O2/c1-6-19-32-25(12-1)35(24-36-27-14-8-10-23-38(27)44-42(32)36)40-30-17-4-2-15-28(30)39(29-16-3-5-18-31(29)40)34-21-11-20-33-26-13-7-9-22-37(26)43-41(33)34/h1-24H. The van der Waals surface area contributed by atoms with Gasteiger partial charge >= 0.3 is 0 Å². The normalized spacial score (nSPS) is 12.1. The third-order valence-electron chi connectivity index (χ3n) is 9.26. The Kier molecular flexibility index (Phi) is 4.75. The quantitative estimate of drug-likeness (QED) is 0.197. The Hall–Kier alpha value is -5.86. The average Bonchev–Trinajstić information content (AvgIpc) is 3.66. The first-order valence-electron chi connectivity index (χ1n) is 15.0. The third-order valence-corrected chi connectivity index (χ3v) is 9.26. The van der Waals surface area contributed by atoms with Gasteiger partial charge in [-0.3, -0.25) is 0 Å². The van der Waals surface area contributed by atoms with E-state index in [-0.39, 0.29) is 0 Å². The molecule has 2 nitrogen and oxygen atoms in total. The fourth-order valence-electron chi connectivity index (χ4n) is 7.41. The zero-order valence-corrected chi connectivity index (χ0v) is 23.7. The number of para-hydroxylation sites is 3. The SMILES string of the molecule is c1ccc2c(c1)oc1c(-c3c4ccccc4c(-c4cc5c6ccccc6oc5c5ccccc45)c4ccccc34)cccc12. The number of benzene rings is 8. The Morgan fingerprint density at radius 1 is 0.273 bits per heavy atom. The molecule has 2 heterocycles. The van der Waals surface area contributed by atoms with Crippen molar-refractivity contribution in [3.05, 3.63) is 146 Å². The summed E-state index contributed by atoms with van der Waals surface area (Å²) >= 11 is 0. The fourth-order valence-corrected chi connectivity index (χ4v) is 7.41. The van der Waals surface area contributed by atoms with Crippen LogP contribution in [0.25, 0.3) is 98.4 Å². The molecule has 44 heavy (non-hydrogen) atoms. The number of fused-ring (bicyclic) bond motifs is 10. The predicted molar refractivity (Wildman–Crippen MR) is 184 cm³/mol. The zero-order valence-electron chi connectivity index (χ0n) is 23.7. The molecule has 0 saturated carbocycles. The number of hydrogen-bond donors (Lipinski definition) is 0. The van der Waals surface area contributed by atoms with Gasteiger partial charge < -0.3 is 8.83 Å². The van der Waals surface area contributed by atoms with E-state index in [1.807, 2.05) is 12.1 Å². The van der Waals surface area contributed by atoms with Crippen LogP contribution in [-0.4, -0.2) is 0 Å². The maximum Gasteiger partial charge on any atom is 0.143 e. The van der Waals surface area contributed by atoms with E-state index in [1.165, 1.54) is 43.6 Å². The molecular formula is C42H24O2. The van der Waals surface area contributed by atoms with Crippen molar-refractivity contribution in [2.75, 3.05) is 0 Å². The second-order valence-electron chi connectivity index (χ2n) is 11.6. The molecule has 8 aromatic carbocycles.